The number of nitrogens with one attached hydrogen (secondary N) is 1. The van der Waals surface area contributed by atoms with Gasteiger partial charge in [0.05, 0.1) is 6.54 Å². The second-order valence-corrected chi connectivity index (χ2v) is 6.21. The van der Waals surface area contributed by atoms with Crippen LogP contribution in [0.25, 0.3) is 0 Å². The lowest BCUT2D eigenvalue weighted by molar-refractivity contribution is -0.137. The van der Waals surface area contributed by atoms with Gasteiger partial charge >= 0.3 is 12.0 Å². The van der Waals surface area contributed by atoms with E-state index in [0.717, 1.165) is 4.88 Å². The van der Waals surface area contributed by atoms with Crippen LogP contribution in [0.15, 0.2) is 12.1 Å². The summed E-state index contributed by atoms with van der Waals surface area (Å²) in [6.07, 6.45) is 0. The minimum atomic E-state index is -0.997. The van der Waals surface area contributed by atoms with E-state index in [9.17, 15) is 9.59 Å². The molecule has 0 spiro atoms. The molecule has 1 heterocycles. The van der Waals surface area contributed by atoms with Gasteiger partial charge in [-0.25, -0.2) is 4.79 Å². The molecule has 0 atom stereocenters. The van der Waals surface area contributed by atoms with Gasteiger partial charge in [0.2, 0.25) is 0 Å². The van der Waals surface area contributed by atoms with E-state index < -0.39 is 5.97 Å². The summed E-state index contributed by atoms with van der Waals surface area (Å²) in [5.74, 6) is -0.767. The molecule has 2 amide bonds. The molecule has 106 valence electrons. The lowest BCUT2D eigenvalue weighted by Crippen LogP contribution is -2.44. The number of carboxylic acid groups (broad SMARTS) is 1. The zero-order chi connectivity index (χ0) is 14.4. The predicted octanol–water partition coefficient (Wildman–Crippen LogP) is 2.31. The first kappa shape index (κ1) is 15.5. The molecular formula is C13H20N2O3S. The van der Waals surface area contributed by atoms with Crippen molar-refractivity contribution in [3.8, 4) is 0 Å². The van der Waals surface area contributed by atoms with E-state index in [0.29, 0.717) is 13.1 Å². The number of aliphatic carboxylic acids is 1. The van der Waals surface area contributed by atoms with Crippen LogP contribution < -0.4 is 5.32 Å². The van der Waals surface area contributed by atoms with Gasteiger partial charge in [-0.15, -0.1) is 11.3 Å². The Hall–Kier alpha value is -1.56. The summed E-state index contributed by atoms with van der Waals surface area (Å²) >= 11 is 1.62. The Balaban J connectivity index is 2.53. The van der Waals surface area contributed by atoms with Crippen molar-refractivity contribution in [3.63, 3.8) is 0 Å². The molecule has 19 heavy (non-hydrogen) atoms. The molecule has 0 radical (unpaired) electrons. The third-order valence-electron chi connectivity index (χ3n) is 2.41. The molecule has 0 saturated heterocycles. The summed E-state index contributed by atoms with van der Waals surface area (Å²) in [5.41, 5.74) is 0. The maximum absolute atomic E-state index is 12.0. The number of nitrogens with zero attached hydrogens (tertiary/aromatic N) is 1. The Morgan fingerprint density at radius 1 is 1.42 bits per heavy atom. The molecule has 5 nitrogen and oxygen atoms in total. The van der Waals surface area contributed by atoms with Crippen LogP contribution in [0.1, 0.15) is 23.6 Å². The lowest BCUT2D eigenvalue weighted by atomic mass is 10.2. The minimum Gasteiger partial charge on any atom is -0.480 e. The van der Waals surface area contributed by atoms with Gasteiger partial charge < -0.3 is 15.3 Å². The normalized spacial score (nSPS) is 10.5. The molecule has 1 aromatic heterocycles. The largest absolute Gasteiger partial charge is 0.480 e. The van der Waals surface area contributed by atoms with Gasteiger partial charge in [-0.1, -0.05) is 13.8 Å². The summed E-state index contributed by atoms with van der Waals surface area (Å²) < 4.78 is 0. The second kappa shape index (κ2) is 7.13. The first-order valence-corrected chi connectivity index (χ1v) is 7.00. The van der Waals surface area contributed by atoms with E-state index in [1.807, 2.05) is 32.9 Å². The van der Waals surface area contributed by atoms with Gasteiger partial charge in [0.1, 0.15) is 6.54 Å². The van der Waals surface area contributed by atoms with Crippen LogP contribution in [0, 0.1) is 12.8 Å². The molecule has 0 fully saturated rings. The summed E-state index contributed by atoms with van der Waals surface area (Å²) in [6, 6.07) is 3.63. The molecule has 6 heteroatoms. The van der Waals surface area contributed by atoms with E-state index in [-0.39, 0.29) is 18.5 Å². The molecule has 0 saturated carbocycles. The maximum Gasteiger partial charge on any atom is 0.323 e. The van der Waals surface area contributed by atoms with Crippen LogP contribution in [-0.2, 0) is 11.3 Å². The van der Waals surface area contributed by atoms with Gasteiger partial charge in [-0.3, -0.25) is 4.79 Å². The van der Waals surface area contributed by atoms with Crippen LogP contribution in [-0.4, -0.2) is 35.1 Å². The van der Waals surface area contributed by atoms with Gasteiger partial charge in [-0.05, 0) is 25.0 Å². The van der Waals surface area contributed by atoms with E-state index in [2.05, 4.69) is 5.32 Å². The molecule has 2 N–H and O–H groups in total. The van der Waals surface area contributed by atoms with Crippen LogP contribution in [0.2, 0.25) is 0 Å². The molecular weight excluding hydrogens is 264 g/mol. The topological polar surface area (TPSA) is 69.6 Å². The van der Waals surface area contributed by atoms with Crippen molar-refractivity contribution in [1.82, 2.24) is 10.2 Å². The maximum atomic E-state index is 12.0. The Morgan fingerprint density at radius 2 is 2.11 bits per heavy atom. The number of thiophene rings is 1. The average molecular weight is 284 g/mol. The highest BCUT2D eigenvalue weighted by Gasteiger charge is 2.17. The van der Waals surface area contributed by atoms with E-state index in [1.165, 1.54) is 9.78 Å². The highest BCUT2D eigenvalue weighted by Crippen LogP contribution is 2.14. The molecule has 0 bridgehead atoms. The SMILES string of the molecule is Cc1ccc(CNC(=O)N(CC(=O)O)CC(C)C)s1. The van der Waals surface area contributed by atoms with E-state index in [4.69, 9.17) is 5.11 Å². The van der Waals surface area contributed by atoms with E-state index >= 15 is 0 Å². The highest BCUT2D eigenvalue weighted by atomic mass is 32.1. The second-order valence-electron chi connectivity index (χ2n) is 4.84. The van der Waals surface area contributed by atoms with Crippen LogP contribution in [0.5, 0.6) is 0 Å². The first-order valence-electron chi connectivity index (χ1n) is 6.18. The lowest BCUT2D eigenvalue weighted by Gasteiger charge is -2.22. The van der Waals surface area contributed by atoms with E-state index in [1.54, 1.807) is 11.3 Å². The summed E-state index contributed by atoms with van der Waals surface area (Å²) in [6.45, 7) is 6.50. The zero-order valence-electron chi connectivity index (χ0n) is 11.5. The van der Waals surface area contributed by atoms with Crippen molar-refractivity contribution in [2.45, 2.75) is 27.3 Å². The smallest absolute Gasteiger partial charge is 0.323 e. The predicted molar refractivity (Wildman–Crippen MR) is 75.3 cm³/mol. The summed E-state index contributed by atoms with van der Waals surface area (Å²) in [7, 11) is 0. The first-order chi connectivity index (χ1) is 8.88. The minimum absolute atomic E-state index is 0.231. The third-order valence-corrected chi connectivity index (χ3v) is 3.41. The van der Waals surface area contributed by atoms with Crippen molar-refractivity contribution in [2.24, 2.45) is 5.92 Å². The summed E-state index contributed by atoms with van der Waals surface area (Å²) in [5, 5.41) is 11.6. The fourth-order valence-corrected chi connectivity index (χ4v) is 2.51. The number of urea groups is 1. The quantitative estimate of drug-likeness (QED) is 0.842. The van der Waals surface area contributed by atoms with Crippen molar-refractivity contribution in [2.75, 3.05) is 13.1 Å². The number of carbonyl (C=O) groups excluding carboxylic acids is 1. The number of hydrogen-bond acceptors (Lipinski definition) is 3. The average Bonchev–Trinajstić information content (AvgIpc) is 2.70. The number of hydrogen-bond donors (Lipinski definition) is 2. The van der Waals surface area contributed by atoms with Gasteiger partial charge in [-0.2, -0.15) is 0 Å². The Kier molecular flexibility index (Phi) is 5.82. The molecule has 0 unspecified atom stereocenters. The van der Waals surface area contributed by atoms with Gasteiger partial charge in [0.15, 0.2) is 0 Å². The number of carbonyl (C=O) groups is 2. The monoisotopic (exact) mass is 284 g/mol. The van der Waals surface area contributed by atoms with Gasteiger partial charge in [0.25, 0.3) is 0 Å². The number of rotatable bonds is 6. The zero-order valence-corrected chi connectivity index (χ0v) is 12.3. The highest BCUT2D eigenvalue weighted by molar-refractivity contribution is 7.11. The van der Waals surface area contributed by atoms with Crippen LogP contribution in [0.3, 0.4) is 0 Å². The van der Waals surface area contributed by atoms with Crippen molar-refractivity contribution < 1.29 is 14.7 Å². The Labute approximate surface area is 117 Å². The molecule has 0 aliphatic heterocycles. The molecule has 0 aliphatic rings. The Morgan fingerprint density at radius 3 is 2.58 bits per heavy atom. The van der Waals surface area contributed by atoms with Gasteiger partial charge in [0, 0.05) is 16.3 Å². The van der Waals surface area contributed by atoms with Crippen LogP contribution >= 0.6 is 11.3 Å². The molecule has 1 rings (SSSR count). The molecule has 0 aromatic carbocycles. The van der Waals surface area contributed by atoms with Crippen LogP contribution in [0.4, 0.5) is 4.79 Å². The Bertz CT molecular complexity index is 443. The number of carboxylic acids is 1. The molecule has 1 aromatic rings. The number of amides is 2. The van der Waals surface area contributed by atoms with Crippen molar-refractivity contribution in [1.29, 1.82) is 0 Å². The molecule has 0 aliphatic carbocycles. The fourth-order valence-electron chi connectivity index (χ4n) is 1.68. The number of aryl methyl sites for hydroxylation is 1. The fraction of sp³-hybridized carbons (Fsp3) is 0.538. The standard InChI is InChI=1S/C13H20N2O3S/c1-9(2)7-15(8-12(16)17)13(18)14-6-11-5-4-10(3)19-11/h4-5,9H,6-8H2,1-3H3,(H,14,18)(H,16,17). The summed E-state index contributed by atoms with van der Waals surface area (Å²) in [4.78, 5) is 26.3. The third kappa shape index (κ3) is 5.74. The van der Waals surface area contributed by atoms with Crippen molar-refractivity contribution >= 4 is 23.3 Å². The van der Waals surface area contributed by atoms with Crippen molar-refractivity contribution in [3.05, 3.63) is 21.9 Å².